The number of carbonyl (C=O) groups excluding carboxylic acids is 1. The van der Waals surface area contributed by atoms with Crippen LogP contribution < -0.4 is 15.0 Å². The summed E-state index contributed by atoms with van der Waals surface area (Å²) in [6, 6.07) is 11.5. The highest BCUT2D eigenvalue weighted by atomic mass is 32.2. The first kappa shape index (κ1) is 22.4. The van der Waals surface area contributed by atoms with Gasteiger partial charge < -0.3 is 9.47 Å². The standard InChI is InChI=1S/C21H21N5O6S/c1-13(24-33(29,30)15-10-8-14(31-3)9-11-15)20(28)32-12-18-22-23-21-25(2)19(27)16-6-4-5-7-17(16)26(18)21/h4-11,13,24H,12H2,1-3H3/t13-/m0/s1. The molecular weight excluding hydrogens is 450 g/mol. The predicted molar refractivity (Wildman–Crippen MR) is 118 cm³/mol. The summed E-state index contributed by atoms with van der Waals surface area (Å²) in [4.78, 5) is 25.0. The van der Waals surface area contributed by atoms with Gasteiger partial charge in [-0.1, -0.05) is 12.1 Å². The molecule has 33 heavy (non-hydrogen) atoms. The highest BCUT2D eigenvalue weighted by molar-refractivity contribution is 7.89. The number of nitrogens with zero attached hydrogens (tertiary/aromatic N) is 4. The summed E-state index contributed by atoms with van der Waals surface area (Å²) in [5.41, 5.74) is 0.343. The molecule has 0 aliphatic carbocycles. The van der Waals surface area contributed by atoms with Gasteiger partial charge in [-0.2, -0.15) is 4.72 Å². The SMILES string of the molecule is COc1ccc(S(=O)(=O)N[C@@H](C)C(=O)OCc2nnc3n(C)c(=O)c4ccccc4n23)cc1. The van der Waals surface area contributed by atoms with Crippen molar-refractivity contribution in [2.24, 2.45) is 7.05 Å². The van der Waals surface area contributed by atoms with E-state index in [0.29, 0.717) is 16.7 Å². The van der Waals surface area contributed by atoms with Crippen LogP contribution in [0.25, 0.3) is 16.7 Å². The number of ether oxygens (including phenoxy) is 2. The van der Waals surface area contributed by atoms with Gasteiger partial charge in [-0.25, -0.2) is 8.42 Å². The second kappa shape index (κ2) is 8.64. The van der Waals surface area contributed by atoms with E-state index in [1.54, 1.807) is 35.7 Å². The zero-order chi connectivity index (χ0) is 23.8. The molecule has 1 N–H and O–H groups in total. The Kier molecular flexibility index (Phi) is 5.87. The molecule has 0 bridgehead atoms. The molecule has 2 aromatic carbocycles. The van der Waals surface area contributed by atoms with E-state index in [-0.39, 0.29) is 28.7 Å². The Hall–Kier alpha value is -3.77. The Morgan fingerprint density at radius 2 is 1.82 bits per heavy atom. The Balaban J connectivity index is 1.52. The molecule has 12 heteroatoms. The number of hydrogen-bond donors (Lipinski definition) is 1. The second-order valence-electron chi connectivity index (χ2n) is 7.26. The molecule has 11 nitrogen and oxygen atoms in total. The lowest BCUT2D eigenvalue weighted by Gasteiger charge is -2.14. The van der Waals surface area contributed by atoms with Crippen LogP contribution in [0.3, 0.4) is 0 Å². The number of carbonyl (C=O) groups is 1. The Morgan fingerprint density at radius 3 is 2.52 bits per heavy atom. The van der Waals surface area contributed by atoms with Gasteiger partial charge in [0.1, 0.15) is 11.8 Å². The first-order valence-corrected chi connectivity index (χ1v) is 11.4. The van der Waals surface area contributed by atoms with Crippen molar-refractivity contribution >= 4 is 32.7 Å². The maximum atomic E-state index is 12.6. The summed E-state index contributed by atoms with van der Waals surface area (Å²) in [5.74, 6) is 0.290. The van der Waals surface area contributed by atoms with Crippen LogP contribution in [0.2, 0.25) is 0 Å². The van der Waals surface area contributed by atoms with E-state index in [0.717, 1.165) is 0 Å². The third-order valence-corrected chi connectivity index (χ3v) is 6.65. The molecule has 0 unspecified atom stereocenters. The largest absolute Gasteiger partial charge is 0.497 e. The van der Waals surface area contributed by atoms with Gasteiger partial charge >= 0.3 is 5.97 Å². The molecule has 0 aliphatic heterocycles. The monoisotopic (exact) mass is 471 g/mol. The number of benzene rings is 2. The number of para-hydroxylation sites is 1. The van der Waals surface area contributed by atoms with Gasteiger partial charge in [0.2, 0.25) is 15.8 Å². The highest BCUT2D eigenvalue weighted by Crippen LogP contribution is 2.17. The number of hydrogen-bond acceptors (Lipinski definition) is 8. The van der Waals surface area contributed by atoms with E-state index in [1.807, 2.05) is 0 Å². The summed E-state index contributed by atoms with van der Waals surface area (Å²) < 4.78 is 40.7. The van der Waals surface area contributed by atoms with Crippen molar-refractivity contribution in [1.29, 1.82) is 0 Å². The Bertz CT molecular complexity index is 1510. The van der Waals surface area contributed by atoms with Gasteiger partial charge in [0, 0.05) is 7.05 Å². The molecule has 0 aliphatic rings. The van der Waals surface area contributed by atoms with Gasteiger partial charge in [-0.3, -0.25) is 18.6 Å². The van der Waals surface area contributed by atoms with Crippen LogP contribution >= 0.6 is 0 Å². The lowest BCUT2D eigenvalue weighted by atomic mass is 10.2. The van der Waals surface area contributed by atoms with Gasteiger partial charge in [-0.15, -0.1) is 10.2 Å². The molecule has 172 valence electrons. The topological polar surface area (TPSA) is 134 Å². The minimum atomic E-state index is -3.95. The van der Waals surface area contributed by atoms with Crippen molar-refractivity contribution in [2.45, 2.75) is 24.5 Å². The zero-order valence-electron chi connectivity index (χ0n) is 18.0. The maximum Gasteiger partial charge on any atom is 0.324 e. The minimum absolute atomic E-state index is 0.0150. The number of esters is 1. The maximum absolute atomic E-state index is 12.6. The van der Waals surface area contributed by atoms with E-state index >= 15 is 0 Å². The van der Waals surface area contributed by atoms with Crippen LogP contribution in [-0.2, 0) is 33.2 Å². The molecule has 1 atom stereocenters. The number of rotatable bonds is 7. The summed E-state index contributed by atoms with van der Waals surface area (Å²) in [6.07, 6.45) is 0. The average molecular weight is 471 g/mol. The summed E-state index contributed by atoms with van der Waals surface area (Å²) >= 11 is 0. The van der Waals surface area contributed by atoms with Crippen molar-refractivity contribution in [1.82, 2.24) is 23.9 Å². The van der Waals surface area contributed by atoms with Crippen molar-refractivity contribution < 1.29 is 22.7 Å². The van der Waals surface area contributed by atoms with Crippen molar-refractivity contribution in [3.05, 3.63) is 64.7 Å². The smallest absolute Gasteiger partial charge is 0.324 e. The number of sulfonamides is 1. The van der Waals surface area contributed by atoms with Gasteiger partial charge in [0.05, 0.1) is 22.9 Å². The van der Waals surface area contributed by atoms with E-state index in [2.05, 4.69) is 14.9 Å². The number of nitrogens with one attached hydrogen (secondary N) is 1. The normalized spacial score (nSPS) is 12.7. The van der Waals surface area contributed by atoms with Gasteiger partial charge in [0.15, 0.2) is 12.4 Å². The van der Waals surface area contributed by atoms with Crippen LogP contribution in [0.5, 0.6) is 5.75 Å². The molecule has 0 fully saturated rings. The van der Waals surface area contributed by atoms with Crippen LogP contribution in [0.4, 0.5) is 0 Å². The molecule has 4 aromatic rings. The van der Waals surface area contributed by atoms with Gasteiger partial charge in [-0.05, 0) is 43.3 Å². The minimum Gasteiger partial charge on any atom is -0.497 e. The van der Waals surface area contributed by atoms with E-state index < -0.39 is 22.0 Å². The zero-order valence-corrected chi connectivity index (χ0v) is 18.9. The Morgan fingerprint density at radius 1 is 1.12 bits per heavy atom. The van der Waals surface area contributed by atoms with E-state index in [9.17, 15) is 18.0 Å². The van der Waals surface area contributed by atoms with Crippen LogP contribution in [-0.4, -0.2) is 46.7 Å². The fourth-order valence-corrected chi connectivity index (χ4v) is 4.54. The number of aromatic nitrogens is 4. The molecule has 0 saturated heterocycles. The first-order valence-electron chi connectivity index (χ1n) is 9.87. The van der Waals surface area contributed by atoms with E-state index in [4.69, 9.17) is 9.47 Å². The molecule has 2 aromatic heterocycles. The second-order valence-corrected chi connectivity index (χ2v) is 8.97. The van der Waals surface area contributed by atoms with Crippen molar-refractivity contribution in [3.63, 3.8) is 0 Å². The summed E-state index contributed by atoms with van der Waals surface area (Å²) in [7, 11) is -0.906. The van der Waals surface area contributed by atoms with Crippen LogP contribution in [0.15, 0.2) is 58.2 Å². The molecular formula is C21H21N5O6S. The highest BCUT2D eigenvalue weighted by Gasteiger charge is 2.24. The Labute approximate surface area is 188 Å². The van der Waals surface area contributed by atoms with Crippen molar-refractivity contribution in [3.8, 4) is 5.75 Å². The van der Waals surface area contributed by atoms with Crippen LogP contribution in [0, 0.1) is 0 Å². The fraction of sp³-hybridized carbons (Fsp3) is 0.238. The molecule has 0 radical (unpaired) electrons. The molecule has 0 spiro atoms. The third kappa shape index (κ3) is 4.17. The lowest BCUT2D eigenvalue weighted by Crippen LogP contribution is -2.39. The number of fused-ring (bicyclic) bond motifs is 3. The van der Waals surface area contributed by atoms with Crippen molar-refractivity contribution in [2.75, 3.05) is 7.11 Å². The molecule has 0 saturated carbocycles. The van der Waals surface area contributed by atoms with Gasteiger partial charge in [0.25, 0.3) is 5.56 Å². The molecule has 4 rings (SSSR count). The predicted octanol–water partition coefficient (Wildman–Crippen LogP) is 1.000. The lowest BCUT2D eigenvalue weighted by molar-refractivity contribution is -0.146. The van der Waals surface area contributed by atoms with E-state index in [1.165, 1.54) is 42.9 Å². The first-order chi connectivity index (χ1) is 15.7. The number of methoxy groups -OCH3 is 1. The molecule has 2 heterocycles. The fourth-order valence-electron chi connectivity index (χ4n) is 3.35. The van der Waals surface area contributed by atoms with Crippen LogP contribution in [0.1, 0.15) is 12.7 Å². The quantitative estimate of drug-likeness (QED) is 0.395. The molecule has 0 amide bonds. The summed E-state index contributed by atoms with van der Waals surface area (Å²) in [6.45, 7) is 1.11. The average Bonchev–Trinajstić information content (AvgIpc) is 3.25. The number of aryl methyl sites for hydroxylation is 1. The summed E-state index contributed by atoms with van der Waals surface area (Å²) in [5, 5.41) is 8.53. The third-order valence-electron chi connectivity index (χ3n) is 5.09.